The third-order valence-corrected chi connectivity index (χ3v) is 2.61. The summed E-state index contributed by atoms with van der Waals surface area (Å²) in [6, 6.07) is 3.68. The highest BCUT2D eigenvalue weighted by Crippen LogP contribution is 2.47. The Kier molecular flexibility index (Phi) is 1.65. The third kappa shape index (κ3) is 1.03. The second kappa shape index (κ2) is 2.56. The van der Waals surface area contributed by atoms with E-state index in [-0.39, 0.29) is 5.41 Å². The number of hydrogen-bond acceptors (Lipinski definition) is 2. The Morgan fingerprint density at radius 1 is 1.58 bits per heavy atom. The van der Waals surface area contributed by atoms with E-state index in [0.29, 0.717) is 5.15 Å². The largest absolute Gasteiger partial charge is 0.302 e. The van der Waals surface area contributed by atoms with Crippen LogP contribution in [0.1, 0.15) is 18.4 Å². The predicted octanol–water partition coefficient (Wildman–Crippen LogP) is 1.97. The van der Waals surface area contributed by atoms with Crippen molar-refractivity contribution in [2.24, 2.45) is 0 Å². The van der Waals surface area contributed by atoms with Gasteiger partial charge in [0.25, 0.3) is 0 Å². The molecule has 0 atom stereocenters. The fourth-order valence-corrected chi connectivity index (χ4v) is 1.65. The van der Waals surface area contributed by atoms with Crippen LogP contribution in [0.25, 0.3) is 0 Å². The molecular formula is C9H8ClNO. The fraction of sp³-hybridized carbons (Fsp3) is 0.333. The first-order valence-corrected chi connectivity index (χ1v) is 4.24. The Bertz CT molecular complexity index is 320. The highest BCUT2D eigenvalue weighted by Gasteiger charge is 2.45. The monoisotopic (exact) mass is 181 g/mol. The number of nitrogens with zero attached hydrogens (tertiary/aromatic N) is 1. The quantitative estimate of drug-likeness (QED) is 0.516. The van der Waals surface area contributed by atoms with Gasteiger partial charge in [0.05, 0.1) is 5.41 Å². The van der Waals surface area contributed by atoms with E-state index >= 15 is 0 Å². The van der Waals surface area contributed by atoms with Gasteiger partial charge in [-0.15, -0.1) is 0 Å². The molecule has 1 aromatic heterocycles. The topological polar surface area (TPSA) is 30.0 Å². The summed E-state index contributed by atoms with van der Waals surface area (Å²) in [6.45, 7) is 0. The van der Waals surface area contributed by atoms with Crippen LogP contribution in [0.3, 0.4) is 0 Å². The molecule has 0 N–H and O–H groups in total. The van der Waals surface area contributed by atoms with Crippen LogP contribution in [-0.2, 0) is 10.2 Å². The van der Waals surface area contributed by atoms with E-state index in [0.717, 1.165) is 24.7 Å². The van der Waals surface area contributed by atoms with Crippen LogP contribution in [-0.4, -0.2) is 11.3 Å². The summed E-state index contributed by atoms with van der Waals surface area (Å²) in [4.78, 5) is 14.7. The highest BCUT2D eigenvalue weighted by molar-refractivity contribution is 6.30. The zero-order valence-corrected chi connectivity index (χ0v) is 7.21. The van der Waals surface area contributed by atoms with E-state index in [4.69, 9.17) is 11.6 Å². The van der Waals surface area contributed by atoms with Crippen LogP contribution in [0.5, 0.6) is 0 Å². The summed E-state index contributed by atoms with van der Waals surface area (Å²) in [7, 11) is 0. The van der Waals surface area contributed by atoms with Gasteiger partial charge in [-0.25, -0.2) is 4.98 Å². The normalized spacial score (nSPS) is 18.8. The van der Waals surface area contributed by atoms with Crippen molar-refractivity contribution in [2.75, 3.05) is 0 Å². The minimum absolute atomic E-state index is 0.300. The summed E-state index contributed by atoms with van der Waals surface area (Å²) in [5.74, 6) is 0. The molecule has 0 bridgehead atoms. The van der Waals surface area contributed by atoms with Crippen LogP contribution in [0.2, 0.25) is 5.15 Å². The smallest absolute Gasteiger partial charge is 0.133 e. The molecule has 0 aliphatic heterocycles. The zero-order chi connectivity index (χ0) is 8.60. The number of aldehydes is 1. The lowest BCUT2D eigenvalue weighted by Gasteiger charge is -2.07. The lowest BCUT2D eigenvalue weighted by atomic mass is 10.0. The molecular weight excluding hydrogens is 174 g/mol. The molecule has 2 nitrogen and oxygen atoms in total. The molecule has 0 unspecified atom stereocenters. The zero-order valence-electron chi connectivity index (χ0n) is 6.46. The van der Waals surface area contributed by atoms with Crippen LogP contribution in [0, 0.1) is 0 Å². The molecule has 0 aromatic carbocycles. The molecule has 0 amide bonds. The van der Waals surface area contributed by atoms with Gasteiger partial charge < -0.3 is 4.79 Å². The molecule has 3 heteroatoms. The van der Waals surface area contributed by atoms with Gasteiger partial charge in [0, 0.05) is 11.8 Å². The average molecular weight is 182 g/mol. The Hall–Kier alpha value is -0.890. The maximum Gasteiger partial charge on any atom is 0.133 e. The van der Waals surface area contributed by atoms with Gasteiger partial charge in [-0.1, -0.05) is 17.7 Å². The minimum atomic E-state index is -0.300. The molecule has 0 radical (unpaired) electrons. The van der Waals surface area contributed by atoms with Crippen LogP contribution in [0.15, 0.2) is 18.3 Å². The lowest BCUT2D eigenvalue weighted by Crippen LogP contribution is -2.08. The van der Waals surface area contributed by atoms with E-state index < -0.39 is 0 Å². The molecule has 0 saturated heterocycles. The van der Waals surface area contributed by atoms with E-state index in [9.17, 15) is 4.79 Å². The van der Waals surface area contributed by atoms with Gasteiger partial charge in [-0.2, -0.15) is 0 Å². The first kappa shape index (κ1) is 7.74. The number of rotatable bonds is 2. The second-order valence-electron chi connectivity index (χ2n) is 3.12. The molecule has 1 fully saturated rings. The van der Waals surface area contributed by atoms with Gasteiger partial charge in [0.1, 0.15) is 11.4 Å². The van der Waals surface area contributed by atoms with Gasteiger partial charge in [0.15, 0.2) is 0 Å². The Morgan fingerprint density at radius 2 is 2.33 bits per heavy atom. The first-order valence-electron chi connectivity index (χ1n) is 3.86. The van der Waals surface area contributed by atoms with E-state index in [1.165, 1.54) is 0 Å². The molecule has 1 saturated carbocycles. The van der Waals surface area contributed by atoms with Crippen molar-refractivity contribution in [1.29, 1.82) is 0 Å². The lowest BCUT2D eigenvalue weighted by molar-refractivity contribution is -0.109. The molecule has 0 spiro atoms. The molecule has 1 aromatic rings. The molecule has 1 heterocycles. The van der Waals surface area contributed by atoms with Gasteiger partial charge in [-0.3, -0.25) is 0 Å². The standard InChI is InChI=1S/C9H8ClNO/c10-8-7(2-1-5-11-8)9(6-12)3-4-9/h1-2,5-6H,3-4H2. The van der Waals surface area contributed by atoms with Crippen LogP contribution < -0.4 is 0 Å². The van der Waals surface area contributed by atoms with Gasteiger partial charge in [0.2, 0.25) is 0 Å². The van der Waals surface area contributed by atoms with Crippen molar-refractivity contribution in [3.63, 3.8) is 0 Å². The van der Waals surface area contributed by atoms with Crippen LogP contribution >= 0.6 is 11.6 Å². The first-order chi connectivity index (χ1) is 5.78. The Balaban J connectivity index is 2.46. The number of pyridine rings is 1. The number of hydrogen-bond donors (Lipinski definition) is 0. The van der Waals surface area contributed by atoms with Gasteiger partial charge in [-0.05, 0) is 18.9 Å². The summed E-state index contributed by atoms with van der Waals surface area (Å²) in [5.41, 5.74) is 0.576. The second-order valence-corrected chi connectivity index (χ2v) is 3.47. The fourth-order valence-electron chi connectivity index (χ4n) is 1.34. The van der Waals surface area contributed by atoms with Crippen molar-refractivity contribution in [3.8, 4) is 0 Å². The molecule has 2 rings (SSSR count). The molecule has 12 heavy (non-hydrogen) atoms. The van der Waals surface area contributed by atoms with Crippen molar-refractivity contribution in [3.05, 3.63) is 29.0 Å². The number of halogens is 1. The maximum atomic E-state index is 10.8. The Labute approximate surface area is 75.6 Å². The number of carbonyl (C=O) groups excluding carboxylic acids is 1. The van der Waals surface area contributed by atoms with Crippen molar-refractivity contribution in [2.45, 2.75) is 18.3 Å². The number of carbonyl (C=O) groups is 1. The third-order valence-electron chi connectivity index (χ3n) is 2.31. The molecule has 1 aliphatic carbocycles. The van der Waals surface area contributed by atoms with Crippen molar-refractivity contribution in [1.82, 2.24) is 4.98 Å². The summed E-state index contributed by atoms with van der Waals surface area (Å²) in [6.07, 6.45) is 4.42. The summed E-state index contributed by atoms with van der Waals surface area (Å²) >= 11 is 5.86. The van der Waals surface area contributed by atoms with E-state index in [1.807, 2.05) is 12.1 Å². The minimum Gasteiger partial charge on any atom is -0.302 e. The maximum absolute atomic E-state index is 10.8. The average Bonchev–Trinajstić information content (AvgIpc) is 2.86. The van der Waals surface area contributed by atoms with Gasteiger partial charge >= 0.3 is 0 Å². The van der Waals surface area contributed by atoms with Crippen molar-refractivity contribution >= 4 is 17.9 Å². The Morgan fingerprint density at radius 3 is 2.83 bits per heavy atom. The predicted molar refractivity (Wildman–Crippen MR) is 46.2 cm³/mol. The van der Waals surface area contributed by atoms with Crippen molar-refractivity contribution < 1.29 is 4.79 Å². The molecule has 62 valence electrons. The highest BCUT2D eigenvalue weighted by atomic mass is 35.5. The summed E-state index contributed by atoms with van der Waals surface area (Å²) < 4.78 is 0. The van der Waals surface area contributed by atoms with Crippen LogP contribution in [0.4, 0.5) is 0 Å². The van der Waals surface area contributed by atoms with E-state index in [2.05, 4.69) is 4.98 Å². The summed E-state index contributed by atoms with van der Waals surface area (Å²) in [5, 5.41) is 0.460. The number of aromatic nitrogens is 1. The van der Waals surface area contributed by atoms with E-state index in [1.54, 1.807) is 6.20 Å². The molecule has 1 aliphatic rings. The SMILES string of the molecule is O=CC1(c2cccnc2Cl)CC1.